The molecule has 0 spiro atoms. The molecule has 0 heterocycles. The first-order valence-corrected chi connectivity index (χ1v) is 10.7. The zero-order chi connectivity index (χ0) is 23.0. The molecule has 0 aromatic heterocycles. The minimum Gasteiger partial charge on any atom is -0.489 e. The van der Waals surface area contributed by atoms with Gasteiger partial charge in [-0.25, -0.2) is 4.79 Å². The summed E-state index contributed by atoms with van der Waals surface area (Å²) in [4.78, 5) is 24.8. The van der Waals surface area contributed by atoms with Crippen LogP contribution >= 0.6 is 0 Å². The molecule has 4 nitrogen and oxygen atoms in total. The van der Waals surface area contributed by atoms with E-state index in [1.54, 1.807) is 24.3 Å². The maximum atomic E-state index is 12.4. The lowest BCUT2D eigenvalue weighted by atomic mass is 10.0. The molecule has 0 aliphatic heterocycles. The lowest BCUT2D eigenvalue weighted by Crippen LogP contribution is -2.14. The number of esters is 1. The third kappa shape index (κ3) is 5.95. The number of hydrogen-bond donors (Lipinski definition) is 0. The monoisotopic (exact) mass is 436 g/mol. The summed E-state index contributed by atoms with van der Waals surface area (Å²) in [7, 11) is 0. The molecule has 33 heavy (non-hydrogen) atoms. The number of ketones is 1. The predicted octanol–water partition coefficient (Wildman–Crippen LogP) is 6.28. The number of Topliss-reactive ketones (excluding diaryl/α,β-unsaturated/α-hetero) is 1. The van der Waals surface area contributed by atoms with Crippen LogP contribution in [-0.2, 0) is 11.3 Å². The second-order valence-electron chi connectivity index (χ2n) is 7.74. The average Bonchev–Trinajstić information content (AvgIpc) is 2.87. The molecule has 0 aliphatic carbocycles. The molecule has 0 saturated carbocycles. The van der Waals surface area contributed by atoms with Crippen molar-refractivity contribution in [3.8, 4) is 16.9 Å². The number of carbonyl (C=O) groups is 2. The Hall–Kier alpha value is -4.18. The van der Waals surface area contributed by atoms with E-state index >= 15 is 0 Å². The summed E-state index contributed by atoms with van der Waals surface area (Å²) in [5.41, 5.74) is 5.06. The predicted molar refractivity (Wildman–Crippen MR) is 128 cm³/mol. The fourth-order valence-corrected chi connectivity index (χ4v) is 3.39. The van der Waals surface area contributed by atoms with Crippen molar-refractivity contribution < 1.29 is 19.1 Å². The van der Waals surface area contributed by atoms with Gasteiger partial charge < -0.3 is 9.47 Å². The molecule has 4 aromatic rings. The van der Waals surface area contributed by atoms with E-state index in [2.05, 4.69) is 0 Å². The molecular formula is C29H24O4. The molecular weight excluding hydrogens is 412 g/mol. The lowest BCUT2D eigenvalue weighted by molar-refractivity contribution is 0.0474. The average molecular weight is 437 g/mol. The fraction of sp³-hybridized carbons (Fsp3) is 0.103. The van der Waals surface area contributed by atoms with E-state index < -0.39 is 5.97 Å². The summed E-state index contributed by atoms with van der Waals surface area (Å²) in [6.45, 7) is 2.11. The molecule has 4 rings (SSSR count). The van der Waals surface area contributed by atoms with Crippen LogP contribution in [0.2, 0.25) is 0 Å². The van der Waals surface area contributed by atoms with Crippen molar-refractivity contribution >= 4 is 11.8 Å². The Kier molecular flexibility index (Phi) is 6.96. The van der Waals surface area contributed by atoms with Crippen molar-refractivity contribution in [2.45, 2.75) is 13.5 Å². The molecule has 0 aliphatic rings. The zero-order valence-electron chi connectivity index (χ0n) is 18.4. The van der Waals surface area contributed by atoms with Crippen LogP contribution in [0.5, 0.6) is 5.75 Å². The molecule has 0 saturated heterocycles. The van der Waals surface area contributed by atoms with Crippen molar-refractivity contribution in [2.75, 3.05) is 6.61 Å². The van der Waals surface area contributed by atoms with Crippen molar-refractivity contribution in [3.05, 3.63) is 125 Å². The molecule has 0 amide bonds. The van der Waals surface area contributed by atoms with Gasteiger partial charge in [0.1, 0.15) is 12.4 Å². The third-order valence-electron chi connectivity index (χ3n) is 5.23. The first-order valence-electron chi connectivity index (χ1n) is 10.7. The first-order chi connectivity index (χ1) is 16.1. The second kappa shape index (κ2) is 10.4. The number of aryl methyl sites for hydroxylation is 1. The SMILES string of the molecule is Cc1cccc(OCc2ccc(C(=O)OCC(=O)c3ccc(-c4ccccc4)cc3)cc2)c1. The Balaban J connectivity index is 1.28. The Bertz CT molecular complexity index is 1230. The normalized spacial score (nSPS) is 10.5. The van der Waals surface area contributed by atoms with Gasteiger partial charge in [0.15, 0.2) is 12.4 Å². The van der Waals surface area contributed by atoms with Gasteiger partial charge in [-0.1, -0.05) is 78.9 Å². The third-order valence-corrected chi connectivity index (χ3v) is 5.23. The number of benzene rings is 4. The van der Waals surface area contributed by atoms with Gasteiger partial charge in [-0.2, -0.15) is 0 Å². The van der Waals surface area contributed by atoms with Gasteiger partial charge in [-0.15, -0.1) is 0 Å². The van der Waals surface area contributed by atoms with E-state index in [-0.39, 0.29) is 12.4 Å². The number of carbonyl (C=O) groups excluding carboxylic acids is 2. The number of hydrogen-bond acceptors (Lipinski definition) is 4. The molecule has 4 heteroatoms. The summed E-state index contributed by atoms with van der Waals surface area (Å²) in [5, 5.41) is 0. The standard InChI is InChI=1S/C29H24O4/c1-21-6-5-9-27(18-21)32-19-22-10-12-26(13-11-22)29(31)33-20-28(30)25-16-14-24(15-17-25)23-7-3-2-4-8-23/h2-18H,19-20H2,1H3. The quantitative estimate of drug-likeness (QED) is 0.241. The highest BCUT2D eigenvalue weighted by Crippen LogP contribution is 2.20. The summed E-state index contributed by atoms with van der Waals surface area (Å²) in [5.74, 6) is 0.0235. The van der Waals surface area contributed by atoms with Gasteiger partial charge in [0.05, 0.1) is 5.56 Å². The lowest BCUT2D eigenvalue weighted by Gasteiger charge is -2.08. The minimum atomic E-state index is -0.532. The molecule has 4 aromatic carbocycles. The summed E-state index contributed by atoms with van der Waals surface area (Å²) < 4.78 is 11.0. The van der Waals surface area contributed by atoms with E-state index in [0.717, 1.165) is 28.0 Å². The van der Waals surface area contributed by atoms with E-state index in [9.17, 15) is 9.59 Å². The smallest absolute Gasteiger partial charge is 0.338 e. The van der Waals surface area contributed by atoms with E-state index in [0.29, 0.717) is 17.7 Å². The summed E-state index contributed by atoms with van der Waals surface area (Å²) in [6.07, 6.45) is 0. The van der Waals surface area contributed by atoms with Crippen molar-refractivity contribution in [3.63, 3.8) is 0 Å². The largest absolute Gasteiger partial charge is 0.489 e. The van der Waals surface area contributed by atoms with E-state index in [1.807, 2.05) is 85.8 Å². The number of rotatable bonds is 8. The van der Waals surface area contributed by atoms with Crippen LogP contribution in [-0.4, -0.2) is 18.4 Å². The highest BCUT2D eigenvalue weighted by atomic mass is 16.5. The molecule has 0 unspecified atom stereocenters. The van der Waals surface area contributed by atoms with Crippen LogP contribution in [0.25, 0.3) is 11.1 Å². The molecule has 0 atom stereocenters. The van der Waals surface area contributed by atoms with Crippen LogP contribution in [0.1, 0.15) is 31.8 Å². The highest BCUT2D eigenvalue weighted by molar-refractivity contribution is 5.99. The zero-order valence-corrected chi connectivity index (χ0v) is 18.4. The van der Waals surface area contributed by atoms with Crippen LogP contribution in [0.15, 0.2) is 103 Å². The summed E-state index contributed by atoms with van der Waals surface area (Å²) in [6, 6.07) is 32.0. The Morgan fingerprint density at radius 1 is 0.697 bits per heavy atom. The van der Waals surface area contributed by atoms with Crippen LogP contribution < -0.4 is 4.74 Å². The topological polar surface area (TPSA) is 52.6 Å². The van der Waals surface area contributed by atoms with Gasteiger partial charge >= 0.3 is 5.97 Å². The number of ether oxygens (including phenoxy) is 2. The van der Waals surface area contributed by atoms with Gasteiger partial charge in [0, 0.05) is 5.56 Å². The van der Waals surface area contributed by atoms with Crippen molar-refractivity contribution in [1.82, 2.24) is 0 Å². The van der Waals surface area contributed by atoms with Crippen molar-refractivity contribution in [1.29, 1.82) is 0 Å². The molecule has 164 valence electrons. The van der Waals surface area contributed by atoms with Gasteiger partial charge in [-0.3, -0.25) is 4.79 Å². The molecule has 0 radical (unpaired) electrons. The Morgan fingerprint density at radius 3 is 2.06 bits per heavy atom. The van der Waals surface area contributed by atoms with Gasteiger partial charge in [0.2, 0.25) is 0 Å². The Morgan fingerprint density at radius 2 is 1.36 bits per heavy atom. The maximum absolute atomic E-state index is 12.4. The highest BCUT2D eigenvalue weighted by Gasteiger charge is 2.12. The molecule has 0 N–H and O–H groups in total. The molecule has 0 bridgehead atoms. The van der Waals surface area contributed by atoms with Gasteiger partial charge in [0.25, 0.3) is 0 Å². The maximum Gasteiger partial charge on any atom is 0.338 e. The summed E-state index contributed by atoms with van der Waals surface area (Å²) >= 11 is 0. The van der Waals surface area contributed by atoms with Crippen LogP contribution in [0.3, 0.4) is 0 Å². The fourth-order valence-electron chi connectivity index (χ4n) is 3.39. The van der Waals surface area contributed by atoms with E-state index in [4.69, 9.17) is 9.47 Å². The van der Waals surface area contributed by atoms with Crippen molar-refractivity contribution in [2.24, 2.45) is 0 Å². The molecule has 0 fully saturated rings. The van der Waals surface area contributed by atoms with Gasteiger partial charge in [-0.05, 0) is 53.4 Å². The minimum absolute atomic E-state index is 0.244. The first kappa shape index (κ1) is 22.0. The van der Waals surface area contributed by atoms with Crippen LogP contribution in [0.4, 0.5) is 0 Å². The van der Waals surface area contributed by atoms with Crippen LogP contribution in [0, 0.1) is 6.92 Å². The Labute approximate surface area is 193 Å². The van der Waals surface area contributed by atoms with E-state index in [1.165, 1.54) is 0 Å². The second-order valence-corrected chi connectivity index (χ2v) is 7.74.